The summed E-state index contributed by atoms with van der Waals surface area (Å²) in [4.78, 5) is 23.9. The Morgan fingerprint density at radius 2 is 2.00 bits per heavy atom. The van der Waals surface area contributed by atoms with Crippen molar-refractivity contribution in [1.82, 2.24) is 4.90 Å². The molecule has 0 radical (unpaired) electrons. The Hall–Kier alpha value is -2.58. The molecule has 1 amide bonds. The van der Waals surface area contributed by atoms with E-state index in [1.807, 2.05) is 49.3 Å². The van der Waals surface area contributed by atoms with Crippen molar-refractivity contribution < 1.29 is 9.59 Å². The first-order chi connectivity index (χ1) is 9.60. The Labute approximate surface area is 117 Å². The molecular formula is C16H16N2O2. The fourth-order valence-electron chi connectivity index (χ4n) is 2.24. The molecule has 1 aromatic rings. The van der Waals surface area contributed by atoms with Gasteiger partial charge in [-0.1, -0.05) is 36.4 Å². The van der Waals surface area contributed by atoms with E-state index in [0.29, 0.717) is 12.1 Å². The van der Waals surface area contributed by atoms with E-state index in [-0.39, 0.29) is 6.54 Å². The molecule has 0 bridgehead atoms. The van der Waals surface area contributed by atoms with Gasteiger partial charge >= 0.3 is 0 Å². The quantitative estimate of drug-likeness (QED) is 0.843. The molecule has 2 N–H and O–H groups in total. The zero-order valence-corrected chi connectivity index (χ0v) is 11.3. The van der Waals surface area contributed by atoms with Gasteiger partial charge in [0.1, 0.15) is 12.2 Å². The van der Waals surface area contributed by atoms with E-state index in [1.165, 1.54) is 0 Å². The maximum Gasteiger partial charge on any atom is 0.237 e. The van der Waals surface area contributed by atoms with Gasteiger partial charge in [0.15, 0.2) is 5.94 Å². The number of rotatable bonds is 4. The molecule has 0 aromatic heterocycles. The van der Waals surface area contributed by atoms with Crippen LogP contribution in [-0.2, 0) is 16.0 Å². The predicted octanol–water partition coefficient (Wildman–Crippen LogP) is 1.58. The number of hydrogen-bond donors (Lipinski definition) is 1. The maximum absolute atomic E-state index is 11.2. The van der Waals surface area contributed by atoms with E-state index in [4.69, 9.17) is 5.73 Å². The topological polar surface area (TPSA) is 63.4 Å². The smallest absolute Gasteiger partial charge is 0.237 e. The van der Waals surface area contributed by atoms with Crippen molar-refractivity contribution in [3.8, 4) is 0 Å². The average molecular weight is 268 g/mol. The van der Waals surface area contributed by atoms with Gasteiger partial charge in [-0.05, 0) is 23.6 Å². The minimum Gasteiger partial charge on any atom is -0.368 e. The Morgan fingerprint density at radius 1 is 1.30 bits per heavy atom. The van der Waals surface area contributed by atoms with Gasteiger partial charge in [-0.2, -0.15) is 0 Å². The first kappa shape index (κ1) is 13.8. The largest absolute Gasteiger partial charge is 0.368 e. The molecule has 1 aliphatic rings. The predicted molar refractivity (Wildman–Crippen MR) is 77.1 cm³/mol. The Morgan fingerprint density at radius 3 is 2.60 bits per heavy atom. The lowest BCUT2D eigenvalue weighted by atomic mass is 9.98. The third-order valence-corrected chi connectivity index (χ3v) is 3.01. The lowest BCUT2D eigenvalue weighted by molar-refractivity contribution is -0.118. The zero-order chi connectivity index (χ0) is 14.5. The normalized spacial score (nSPS) is 14.4. The summed E-state index contributed by atoms with van der Waals surface area (Å²) in [5.74, 6) is 1.44. The average Bonchev–Trinajstić information content (AvgIpc) is 2.39. The van der Waals surface area contributed by atoms with Gasteiger partial charge in [0.05, 0.1) is 0 Å². The van der Waals surface area contributed by atoms with E-state index in [9.17, 15) is 9.59 Å². The first-order valence-electron chi connectivity index (χ1n) is 6.33. The standard InChI is InChI=1S/C16H16N2O2/c1-12-7-14(8-13-5-3-2-4-6-13)15(11-19)18(9-12)10-16(17)20/h2-7,9H,8,10H2,1H3,(H2,17,20). The summed E-state index contributed by atoms with van der Waals surface area (Å²) in [6.45, 7) is 1.90. The van der Waals surface area contributed by atoms with E-state index < -0.39 is 5.91 Å². The van der Waals surface area contributed by atoms with Crippen LogP contribution >= 0.6 is 0 Å². The van der Waals surface area contributed by atoms with Crippen LogP contribution in [-0.4, -0.2) is 23.3 Å². The summed E-state index contributed by atoms with van der Waals surface area (Å²) in [6.07, 6.45) is 4.29. The molecule has 0 fully saturated rings. The van der Waals surface area contributed by atoms with Gasteiger partial charge in [-0.15, -0.1) is 0 Å². The molecule has 0 saturated carbocycles. The highest BCUT2D eigenvalue weighted by atomic mass is 16.1. The lowest BCUT2D eigenvalue weighted by Gasteiger charge is -2.26. The fourth-order valence-corrected chi connectivity index (χ4v) is 2.24. The minimum atomic E-state index is -0.484. The van der Waals surface area contributed by atoms with Crippen molar-refractivity contribution in [3.63, 3.8) is 0 Å². The highest BCUT2D eigenvalue weighted by Crippen LogP contribution is 2.24. The number of carbonyl (C=O) groups excluding carboxylic acids is 2. The van der Waals surface area contributed by atoms with Crippen LogP contribution in [0.5, 0.6) is 0 Å². The van der Waals surface area contributed by atoms with E-state index in [0.717, 1.165) is 16.7 Å². The van der Waals surface area contributed by atoms with Gasteiger partial charge in [0.2, 0.25) is 5.91 Å². The highest BCUT2D eigenvalue weighted by molar-refractivity contribution is 5.77. The molecule has 1 aromatic carbocycles. The molecule has 0 saturated heterocycles. The van der Waals surface area contributed by atoms with Crippen LogP contribution in [0.4, 0.5) is 0 Å². The van der Waals surface area contributed by atoms with Crippen molar-refractivity contribution in [2.24, 2.45) is 5.73 Å². The number of nitrogens with zero attached hydrogens (tertiary/aromatic N) is 1. The van der Waals surface area contributed by atoms with Crippen LogP contribution in [0.15, 0.2) is 59.5 Å². The molecule has 102 valence electrons. The first-order valence-corrected chi connectivity index (χ1v) is 6.33. The van der Waals surface area contributed by atoms with Crippen LogP contribution in [0.2, 0.25) is 0 Å². The van der Waals surface area contributed by atoms with Crippen molar-refractivity contribution in [3.05, 3.63) is 65.0 Å². The number of carbonyl (C=O) groups is 1. The van der Waals surface area contributed by atoms with Crippen LogP contribution in [0, 0.1) is 0 Å². The van der Waals surface area contributed by atoms with Crippen LogP contribution in [0.25, 0.3) is 0 Å². The van der Waals surface area contributed by atoms with Crippen LogP contribution < -0.4 is 5.73 Å². The summed E-state index contributed by atoms with van der Waals surface area (Å²) in [6, 6.07) is 9.84. The molecule has 20 heavy (non-hydrogen) atoms. The summed E-state index contributed by atoms with van der Waals surface area (Å²) in [5.41, 5.74) is 8.49. The second kappa shape index (κ2) is 6.04. The van der Waals surface area contributed by atoms with E-state index >= 15 is 0 Å². The number of primary amides is 1. The summed E-state index contributed by atoms with van der Waals surface area (Å²) in [5, 5.41) is 0. The second-order valence-corrected chi connectivity index (χ2v) is 4.75. The van der Waals surface area contributed by atoms with Crippen LogP contribution in [0.3, 0.4) is 0 Å². The summed E-state index contributed by atoms with van der Waals surface area (Å²) < 4.78 is 0. The molecule has 4 heteroatoms. The SMILES string of the molecule is CC1=CN(CC(N)=O)C(=C=O)C(Cc2ccccc2)=C1. The monoisotopic (exact) mass is 268 g/mol. The molecule has 0 spiro atoms. The molecule has 0 unspecified atom stereocenters. The third kappa shape index (κ3) is 3.25. The van der Waals surface area contributed by atoms with Crippen molar-refractivity contribution in [2.45, 2.75) is 13.3 Å². The zero-order valence-electron chi connectivity index (χ0n) is 11.3. The number of nitrogens with two attached hydrogens (primary N) is 1. The molecule has 2 rings (SSSR count). The number of amides is 1. The van der Waals surface area contributed by atoms with Crippen molar-refractivity contribution in [2.75, 3.05) is 6.54 Å². The molecule has 0 atom stereocenters. The number of hydrogen-bond acceptors (Lipinski definition) is 3. The lowest BCUT2D eigenvalue weighted by Crippen LogP contribution is -2.32. The van der Waals surface area contributed by atoms with E-state index in [2.05, 4.69) is 0 Å². The fraction of sp³-hybridized carbons (Fsp3) is 0.188. The molecular weight excluding hydrogens is 252 g/mol. The Balaban J connectivity index is 2.29. The van der Waals surface area contributed by atoms with Gasteiger partial charge in [0, 0.05) is 12.6 Å². The van der Waals surface area contributed by atoms with Crippen molar-refractivity contribution in [1.29, 1.82) is 0 Å². The van der Waals surface area contributed by atoms with Gasteiger partial charge < -0.3 is 10.6 Å². The molecule has 1 aliphatic heterocycles. The maximum atomic E-state index is 11.2. The third-order valence-electron chi connectivity index (χ3n) is 3.01. The molecule has 0 aliphatic carbocycles. The second-order valence-electron chi connectivity index (χ2n) is 4.75. The minimum absolute atomic E-state index is 0.0198. The molecule has 4 nitrogen and oxygen atoms in total. The molecule has 1 heterocycles. The Kier molecular flexibility index (Phi) is 4.18. The Bertz CT molecular complexity index is 623. The number of benzene rings is 1. The number of allylic oxidation sites excluding steroid dienone is 3. The van der Waals surface area contributed by atoms with Crippen LogP contribution in [0.1, 0.15) is 12.5 Å². The van der Waals surface area contributed by atoms with Gasteiger partial charge in [0.25, 0.3) is 0 Å². The van der Waals surface area contributed by atoms with Gasteiger partial charge in [-0.25, -0.2) is 4.79 Å². The highest BCUT2D eigenvalue weighted by Gasteiger charge is 2.20. The summed E-state index contributed by atoms with van der Waals surface area (Å²) in [7, 11) is 0. The van der Waals surface area contributed by atoms with Crippen molar-refractivity contribution >= 4 is 11.8 Å². The summed E-state index contributed by atoms with van der Waals surface area (Å²) >= 11 is 0. The van der Waals surface area contributed by atoms with E-state index in [1.54, 1.807) is 11.1 Å². The van der Waals surface area contributed by atoms with Gasteiger partial charge in [-0.3, -0.25) is 4.79 Å².